The van der Waals surface area contributed by atoms with Crippen molar-refractivity contribution in [3.8, 4) is 0 Å². The molecule has 2 fully saturated rings. The molecule has 2 aliphatic rings. The zero-order valence-electron chi connectivity index (χ0n) is 13.2. The van der Waals surface area contributed by atoms with Gasteiger partial charge in [0.25, 0.3) is 0 Å². The highest BCUT2D eigenvalue weighted by molar-refractivity contribution is 7.89. The van der Waals surface area contributed by atoms with Gasteiger partial charge >= 0.3 is 0 Å². The summed E-state index contributed by atoms with van der Waals surface area (Å²) in [7, 11) is -3.58. The van der Waals surface area contributed by atoms with E-state index in [-0.39, 0.29) is 17.5 Å². The summed E-state index contributed by atoms with van der Waals surface area (Å²) >= 11 is 0. The Morgan fingerprint density at radius 3 is 2.57 bits per heavy atom. The SMILES string of the molecule is Cc1ccc(S(=O)(=O)NC[C@H]2OC[C@@H](NCC3CC3)[C@@H]2O)cc1. The molecule has 128 valence electrons. The van der Waals surface area contributed by atoms with E-state index in [1.807, 2.05) is 6.92 Å². The lowest BCUT2D eigenvalue weighted by atomic mass is 10.1. The van der Waals surface area contributed by atoms with Crippen molar-refractivity contribution in [2.45, 2.75) is 42.9 Å². The van der Waals surface area contributed by atoms with E-state index in [0.717, 1.165) is 18.0 Å². The molecule has 23 heavy (non-hydrogen) atoms. The fourth-order valence-electron chi connectivity index (χ4n) is 2.68. The number of aryl methyl sites for hydroxylation is 1. The second kappa shape index (κ2) is 6.86. The Morgan fingerprint density at radius 2 is 1.91 bits per heavy atom. The molecule has 0 spiro atoms. The number of aliphatic hydroxyl groups excluding tert-OH is 1. The molecule has 1 aliphatic heterocycles. The minimum atomic E-state index is -3.58. The molecular formula is C16H24N2O4S. The Kier molecular flexibility index (Phi) is 5.03. The van der Waals surface area contributed by atoms with Gasteiger partial charge in [0.15, 0.2) is 0 Å². The normalized spacial score (nSPS) is 28.2. The van der Waals surface area contributed by atoms with Crippen LogP contribution in [-0.2, 0) is 14.8 Å². The van der Waals surface area contributed by atoms with Crippen LogP contribution in [0.3, 0.4) is 0 Å². The predicted octanol–water partition coefficient (Wildman–Crippen LogP) is 0.401. The summed E-state index contributed by atoms with van der Waals surface area (Å²) in [6.45, 7) is 3.28. The second-order valence-electron chi connectivity index (χ2n) is 6.49. The standard InChI is InChI=1S/C16H24N2O4S/c1-11-2-6-13(7-3-11)23(20,21)18-9-15-16(19)14(10-22-15)17-8-12-4-5-12/h2-3,6-7,12,14-19H,4-5,8-10H2,1H3/t14-,15-,16+/m1/s1. The fraction of sp³-hybridized carbons (Fsp3) is 0.625. The van der Waals surface area contributed by atoms with E-state index < -0.39 is 22.2 Å². The van der Waals surface area contributed by atoms with Gasteiger partial charge in [-0.05, 0) is 44.4 Å². The minimum Gasteiger partial charge on any atom is -0.389 e. The third kappa shape index (κ3) is 4.30. The van der Waals surface area contributed by atoms with Crippen molar-refractivity contribution < 1.29 is 18.3 Å². The summed E-state index contributed by atoms with van der Waals surface area (Å²) in [5, 5.41) is 13.6. The Hall–Kier alpha value is -0.990. The zero-order valence-corrected chi connectivity index (χ0v) is 14.1. The van der Waals surface area contributed by atoms with E-state index in [1.54, 1.807) is 24.3 Å². The third-order valence-electron chi connectivity index (χ3n) is 4.45. The first-order valence-corrected chi connectivity index (χ1v) is 9.53. The van der Waals surface area contributed by atoms with E-state index in [0.29, 0.717) is 6.61 Å². The molecule has 0 radical (unpaired) electrons. The van der Waals surface area contributed by atoms with E-state index in [1.165, 1.54) is 12.8 Å². The summed E-state index contributed by atoms with van der Waals surface area (Å²) in [5.41, 5.74) is 1.00. The molecule has 1 aromatic carbocycles. The molecule has 0 bridgehead atoms. The molecule has 3 rings (SSSR count). The first-order valence-electron chi connectivity index (χ1n) is 8.05. The number of sulfonamides is 1. The lowest BCUT2D eigenvalue weighted by Gasteiger charge is -2.19. The van der Waals surface area contributed by atoms with Crippen molar-refractivity contribution in [2.24, 2.45) is 5.92 Å². The number of aliphatic hydroxyl groups is 1. The van der Waals surface area contributed by atoms with Crippen molar-refractivity contribution in [2.75, 3.05) is 19.7 Å². The lowest BCUT2D eigenvalue weighted by Crippen LogP contribution is -2.45. The van der Waals surface area contributed by atoms with Gasteiger partial charge in [-0.2, -0.15) is 0 Å². The summed E-state index contributed by atoms with van der Waals surface area (Å²) < 4.78 is 32.6. The first-order chi connectivity index (χ1) is 11.0. The predicted molar refractivity (Wildman–Crippen MR) is 86.6 cm³/mol. The average Bonchev–Trinajstić information content (AvgIpc) is 3.28. The second-order valence-corrected chi connectivity index (χ2v) is 8.25. The Labute approximate surface area is 137 Å². The van der Waals surface area contributed by atoms with Gasteiger partial charge in [-0.15, -0.1) is 0 Å². The molecule has 1 heterocycles. The monoisotopic (exact) mass is 340 g/mol. The Bertz CT molecular complexity index is 628. The molecule has 3 atom stereocenters. The Balaban J connectivity index is 1.52. The maximum atomic E-state index is 12.2. The van der Waals surface area contributed by atoms with Gasteiger partial charge in [-0.25, -0.2) is 13.1 Å². The minimum absolute atomic E-state index is 0.0684. The number of hydrogen-bond donors (Lipinski definition) is 3. The van der Waals surface area contributed by atoms with Crippen LogP contribution in [0, 0.1) is 12.8 Å². The number of rotatable bonds is 7. The van der Waals surface area contributed by atoms with Crippen molar-refractivity contribution in [1.82, 2.24) is 10.0 Å². The molecule has 0 unspecified atom stereocenters. The average molecular weight is 340 g/mol. The van der Waals surface area contributed by atoms with Gasteiger partial charge in [0.05, 0.1) is 29.8 Å². The van der Waals surface area contributed by atoms with Gasteiger partial charge in [-0.1, -0.05) is 17.7 Å². The van der Waals surface area contributed by atoms with Crippen molar-refractivity contribution >= 4 is 10.0 Å². The Morgan fingerprint density at radius 1 is 1.22 bits per heavy atom. The molecule has 1 saturated heterocycles. The van der Waals surface area contributed by atoms with Crippen LogP contribution in [0.4, 0.5) is 0 Å². The smallest absolute Gasteiger partial charge is 0.240 e. The molecule has 6 nitrogen and oxygen atoms in total. The maximum absolute atomic E-state index is 12.2. The van der Waals surface area contributed by atoms with E-state index in [9.17, 15) is 13.5 Å². The van der Waals surface area contributed by atoms with Gasteiger partial charge in [0.2, 0.25) is 10.0 Å². The highest BCUT2D eigenvalue weighted by Gasteiger charge is 2.37. The van der Waals surface area contributed by atoms with Crippen LogP contribution in [-0.4, -0.2) is 51.5 Å². The van der Waals surface area contributed by atoms with E-state index in [4.69, 9.17) is 4.74 Å². The maximum Gasteiger partial charge on any atom is 0.240 e. The van der Waals surface area contributed by atoms with Crippen molar-refractivity contribution in [1.29, 1.82) is 0 Å². The van der Waals surface area contributed by atoms with Crippen LogP contribution >= 0.6 is 0 Å². The molecule has 1 saturated carbocycles. The largest absolute Gasteiger partial charge is 0.389 e. The molecule has 7 heteroatoms. The highest BCUT2D eigenvalue weighted by atomic mass is 32.2. The van der Waals surface area contributed by atoms with Crippen LogP contribution in [0.15, 0.2) is 29.2 Å². The van der Waals surface area contributed by atoms with Gasteiger partial charge < -0.3 is 15.2 Å². The molecule has 1 aromatic rings. The first kappa shape index (κ1) is 16.9. The zero-order chi connectivity index (χ0) is 16.4. The summed E-state index contributed by atoms with van der Waals surface area (Å²) in [5.74, 6) is 0.723. The quantitative estimate of drug-likeness (QED) is 0.669. The van der Waals surface area contributed by atoms with Crippen molar-refractivity contribution in [3.05, 3.63) is 29.8 Å². The summed E-state index contributed by atoms with van der Waals surface area (Å²) in [4.78, 5) is 0.221. The van der Waals surface area contributed by atoms with Gasteiger partial charge in [-0.3, -0.25) is 0 Å². The third-order valence-corrected chi connectivity index (χ3v) is 5.89. The number of hydrogen-bond acceptors (Lipinski definition) is 5. The number of nitrogens with one attached hydrogen (secondary N) is 2. The highest BCUT2D eigenvalue weighted by Crippen LogP contribution is 2.28. The number of benzene rings is 1. The molecule has 0 amide bonds. The van der Waals surface area contributed by atoms with Crippen LogP contribution < -0.4 is 10.0 Å². The van der Waals surface area contributed by atoms with Crippen LogP contribution in [0.25, 0.3) is 0 Å². The molecule has 3 N–H and O–H groups in total. The van der Waals surface area contributed by atoms with Gasteiger partial charge in [0.1, 0.15) is 0 Å². The topological polar surface area (TPSA) is 87.7 Å². The molecular weight excluding hydrogens is 316 g/mol. The summed E-state index contributed by atoms with van der Waals surface area (Å²) in [6.07, 6.45) is 1.27. The van der Waals surface area contributed by atoms with Gasteiger partial charge in [0, 0.05) is 6.54 Å². The fourth-order valence-corrected chi connectivity index (χ4v) is 3.72. The van der Waals surface area contributed by atoms with E-state index in [2.05, 4.69) is 10.0 Å². The molecule has 1 aliphatic carbocycles. The van der Waals surface area contributed by atoms with Crippen LogP contribution in [0.5, 0.6) is 0 Å². The molecule has 0 aromatic heterocycles. The summed E-state index contributed by atoms with van der Waals surface area (Å²) in [6, 6.07) is 6.54. The van der Waals surface area contributed by atoms with E-state index >= 15 is 0 Å². The number of ether oxygens (including phenoxy) is 1. The van der Waals surface area contributed by atoms with Crippen LogP contribution in [0.1, 0.15) is 18.4 Å². The lowest BCUT2D eigenvalue weighted by molar-refractivity contribution is 0.0444. The van der Waals surface area contributed by atoms with Crippen molar-refractivity contribution in [3.63, 3.8) is 0 Å². The van der Waals surface area contributed by atoms with Crippen LogP contribution in [0.2, 0.25) is 0 Å².